The Morgan fingerprint density at radius 1 is 1.37 bits per heavy atom. The second-order valence-electron chi connectivity index (χ2n) is 6.50. The van der Waals surface area contributed by atoms with Crippen molar-refractivity contribution in [3.05, 3.63) is 39.2 Å². The number of benzene rings is 1. The van der Waals surface area contributed by atoms with Gasteiger partial charge in [0.15, 0.2) is 0 Å². The van der Waals surface area contributed by atoms with Gasteiger partial charge in [-0.05, 0) is 31.9 Å². The first-order chi connectivity index (χ1) is 12.7. The summed E-state index contributed by atoms with van der Waals surface area (Å²) in [6.07, 6.45) is -3.84. The van der Waals surface area contributed by atoms with Gasteiger partial charge in [0, 0.05) is 28.6 Å². The van der Waals surface area contributed by atoms with Crippen LogP contribution in [0.5, 0.6) is 0 Å². The molecule has 4 nitrogen and oxygen atoms in total. The quantitative estimate of drug-likeness (QED) is 0.740. The van der Waals surface area contributed by atoms with Crippen molar-refractivity contribution in [1.82, 2.24) is 15.2 Å². The third kappa shape index (κ3) is 4.93. The molecule has 1 fully saturated rings. The Bertz CT molecular complexity index is 807. The van der Waals surface area contributed by atoms with Gasteiger partial charge in [0.05, 0.1) is 18.2 Å². The number of hydrogen-bond donors (Lipinski definition) is 1. The molecule has 3 rings (SSSR count). The summed E-state index contributed by atoms with van der Waals surface area (Å²) < 4.78 is 38.7. The van der Waals surface area contributed by atoms with Crippen LogP contribution in [0.4, 0.5) is 18.0 Å². The number of urea groups is 1. The van der Waals surface area contributed by atoms with Gasteiger partial charge in [-0.15, -0.1) is 11.3 Å². The number of nitrogens with zero attached hydrogens (tertiary/aromatic N) is 2. The van der Waals surface area contributed by atoms with E-state index >= 15 is 0 Å². The van der Waals surface area contributed by atoms with Gasteiger partial charge in [-0.25, -0.2) is 9.78 Å². The van der Waals surface area contributed by atoms with E-state index in [2.05, 4.69) is 10.3 Å². The second-order valence-corrected chi connectivity index (χ2v) is 8.23. The van der Waals surface area contributed by atoms with Crippen LogP contribution in [0.25, 0.3) is 11.3 Å². The van der Waals surface area contributed by atoms with Crippen LogP contribution in [0.15, 0.2) is 24.3 Å². The molecule has 1 aromatic carbocycles. The van der Waals surface area contributed by atoms with Crippen LogP contribution in [0.2, 0.25) is 5.02 Å². The average molecular weight is 418 g/mol. The third-order valence-electron chi connectivity index (χ3n) is 4.52. The Kier molecular flexibility index (Phi) is 5.95. The van der Waals surface area contributed by atoms with E-state index in [0.29, 0.717) is 23.0 Å². The molecule has 27 heavy (non-hydrogen) atoms. The molecule has 2 heterocycles. The molecule has 1 aliphatic rings. The zero-order chi connectivity index (χ0) is 19.6. The van der Waals surface area contributed by atoms with E-state index in [0.717, 1.165) is 16.1 Å². The van der Waals surface area contributed by atoms with Crippen LogP contribution in [0, 0.1) is 12.8 Å². The largest absolute Gasteiger partial charge is 0.393 e. The second kappa shape index (κ2) is 8.06. The van der Waals surface area contributed by atoms with Gasteiger partial charge < -0.3 is 10.2 Å². The SMILES string of the molecule is Cc1sc(CNC(=O)N2CCCC(C(F)(F)F)C2)nc1-c1ccc(Cl)cc1. The predicted octanol–water partition coefficient (Wildman–Crippen LogP) is 5.26. The van der Waals surface area contributed by atoms with E-state index in [-0.39, 0.29) is 19.5 Å². The summed E-state index contributed by atoms with van der Waals surface area (Å²) in [6, 6.07) is 6.83. The van der Waals surface area contributed by atoms with Gasteiger partial charge in [0.25, 0.3) is 0 Å². The van der Waals surface area contributed by atoms with E-state index < -0.39 is 18.1 Å². The zero-order valence-electron chi connectivity index (χ0n) is 14.6. The number of thiazole rings is 1. The summed E-state index contributed by atoms with van der Waals surface area (Å²) in [6.45, 7) is 2.17. The molecule has 1 N–H and O–H groups in total. The molecule has 2 aromatic rings. The molecule has 146 valence electrons. The molecule has 1 aromatic heterocycles. The standard InChI is InChI=1S/C18H19ClF3N3OS/c1-11-16(12-4-6-14(19)7-5-12)24-15(27-11)9-23-17(26)25-8-2-3-13(10-25)18(20,21)22/h4-7,13H,2-3,8-10H2,1H3,(H,23,26). The number of amides is 2. The molecular weight excluding hydrogens is 399 g/mol. The number of aryl methyl sites for hydroxylation is 1. The van der Waals surface area contributed by atoms with E-state index in [9.17, 15) is 18.0 Å². The lowest BCUT2D eigenvalue weighted by Crippen LogP contribution is -2.48. The number of carbonyl (C=O) groups excluding carboxylic acids is 1. The van der Waals surface area contributed by atoms with Crippen LogP contribution in [0.3, 0.4) is 0 Å². The van der Waals surface area contributed by atoms with E-state index in [1.165, 1.54) is 16.2 Å². The molecule has 2 amide bonds. The number of likely N-dealkylation sites (tertiary alicyclic amines) is 1. The minimum Gasteiger partial charge on any atom is -0.331 e. The number of halogens is 4. The maximum atomic E-state index is 12.9. The van der Waals surface area contributed by atoms with Gasteiger partial charge in [-0.2, -0.15) is 13.2 Å². The molecule has 0 saturated carbocycles. The molecule has 1 saturated heterocycles. The number of piperidine rings is 1. The van der Waals surface area contributed by atoms with Gasteiger partial charge >= 0.3 is 12.2 Å². The maximum Gasteiger partial charge on any atom is 0.393 e. The Morgan fingerprint density at radius 3 is 2.74 bits per heavy atom. The highest BCUT2D eigenvalue weighted by atomic mass is 35.5. The fourth-order valence-electron chi connectivity index (χ4n) is 3.09. The number of nitrogens with one attached hydrogen (secondary N) is 1. The molecule has 0 spiro atoms. The van der Waals surface area contributed by atoms with Crippen LogP contribution < -0.4 is 5.32 Å². The number of aromatic nitrogens is 1. The van der Waals surface area contributed by atoms with E-state index in [1.54, 1.807) is 12.1 Å². The molecule has 0 bridgehead atoms. The third-order valence-corrected chi connectivity index (χ3v) is 5.74. The summed E-state index contributed by atoms with van der Waals surface area (Å²) in [5.41, 5.74) is 1.74. The maximum absolute atomic E-state index is 12.9. The van der Waals surface area contributed by atoms with Crippen LogP contribution in [-0.2, 0) is 6.54 Å². The van der Waals surface area contributed by atoms with Crippen LogP contribution in [-0.4, -0.2) is 35.2 Å². The molecule has 1 aliphatic heterocycles. The molecular formula is C18H19ClF3N3OS. The van der Waals surface area contributed by atoms with Crippen molar-refractivity contribution in [3.63, 3.8) is 0 Å². The number of hydrogen-bond acceptors (Lipinski definition) is 3. The Morgan fingerprint density at radius 2 is 2.07 bits per heavy atom. The first-order valence-corrected chi connectivity index (χ1v) is 9.75. The summed E-state index contributed by atoms with van der Waals surface area (Å²) in [5.74, 6) is -1.45. The summed E-state index contributed by atoms with van der Waals surface area (Å²) >= 11 is 7.35. The normalized spacial score (nSPS) is 17.8. The fraction of sp³-hybridized carbons (Fsp3) is 0.444. The van der Waals surface area contributed by atoms with Gasteiger partial charge in [0.1, 0.15) is 5.01 Å². The van der Waals surface area contributed by atoms with E-state index in [4.69, 9.17) is 11.6 Å². The van der Waals surface area contributed by atoms with Crippen molar-refractivity contribution in [2.75, 3.05) is 13.1 Å². The first kappa shape index (κ1) is 19.9. The highest BCUT2D eigenvalue weighted by Crippen LogP contribution is 2.33. The lowest BCUT2D eigenvalue weighted by Gasteiger charge is -2.33. The molecule has 9 heteroatoms. The summed E-state index contributed by atoms with van der Waals surface area (Å²) in [7, 11) is 0. The Balaban J connectivity index is 1.61. The fourth-order valence-corrected chi connectivity index (χ4v) is 4.12. The number of rotatable bonds is 3. The minimum atomic E-state index is -4.27. The van der Waals surface area contributed by atoms with Crippen molar-refractivity contribution in [1.29, 1.82) is 0 Å². The lowest BCUT2D eigenvalue weighted by molar-refractivity contribution is -0.184. The number of alkyl halides is 3. The van der Waals surface area contributed by atoms with Crippen molar-refractivity contribution in [2.45, 2.75) is 32.5 Å². The van der Waals surface area contributed by atoms with Gasteiger partial charge in [-0.3, -0.25) is 0 Å². The Hall–Kier alpha value is -1.80. The molecule has 0 aliphatic carbocycles. The summed E-state index contributed by atoms with van der Waals surface area (Å²) in [4.78, 5) is 19.0. The van der Waals surface area contributed by atoms with Crippen molar-refractivity contribution >= 4 is 29.0 Å². The van der Waals surface area contributed by atoms with Crippen LogP contribution >= 0.6 is 22.9 Å². The van der Waals surface area contributed by atoms with Crippen molar-refractivity contribution in [3.8, 4) is 11.3 Å². The molecule has 1 unspecified atom stereocenters. The molecule has 0 radical (unpaired) electrons. The highest BCUT2D eigenvalue weighted by Gasteiger charge is 2.42. The van der Waals surface area contributed by atoms with Crippen molar-refractivity contribution < 1.29 is 18.0 Å². The minimum absolute atomic E-state index is 0.0728. The summed E-state index contributed by atoms with van der Waals surface area (Å²) in [5, 5.41) is 4.03. The topological polar surface area (TPSA) is 45.2 Å². The van der Waals surface area contributed by atoms with Gasteiger partial charge in [-0.1, -0.05) is 23.7 Å². The Labute approximate surface area is 164 Å². The lowest BCUT2D eigenvalue weighted by atomic mass is 9.98. The van der Waals surface area contributed by atoms with Crippen molar-refractivity contribution in [2.24, 2.45) is 5.92 Å². The smallest absolute Gasteiger partial charge is 0.331 e. The number of carbonyl (C=O) groups is 1. The first-order valence-electron chi connectivity index (χ1n) is 8.56. The van der Waals surface area contributed by atoms with E-state index in [1.807, 2.05) is 19.1 Å². The average Bonchev–Trinajstić information content (AvgIpc) is 3.00. The zero-order valence-corrected chi connectivity index (χ0v) is 16.2. The van der Waals surface area contributed by atoms with Crippen LogP contribution in [0.1, 0.15) is 22.7 Å². The van der Waals surface area contributed by atoms with Gasteiger partial charge in [0.2, 0.25) is 0 Å². The molecule has 1 atom stereocenters. The monoisotopic (exact) mass is 417 g/mol. The predicted molar refractivity (Wildman–Crippen MR) is 99.9 cm³/mol. The highest BCUT2D eigenvalue weighted by molar-refractivity contribution is 7.12.